The first-order valence-electron chi connectivity index (χ1n) is 14.0. The lowest BCUT2D eigenvalue weighted by atomic mass is 10.1. The van der Waals surface area contributed by atoms with Gasteiger partial charge in [0.05, 0.1) is 18.6 Å². The van der Waals surface area contributed by atoms with E-state index in [-0.39, 0.29) is 41.8 Å². The summed E-state index contributed by atoms with van der Waals surface area (Å²) in [5.74, 6) is 6.53. The summed E-state index contributed by atoms with van der Waals surface area (Å²) in [7, 11) is 1.55. The van der Waals surface area contributed by atoms with Gasteiger partial charge in [0.15, 0.2) is 22.7 Å². The Hall–Kier alpha value is -5.17. The van der Waals surface area contributed by atoms with Crippen LogP contribution in [0.15, 0.2) is 33.9 Å². The summed E-state index contributed by atoms with van der Waals surface area (Å²) in [5.41, 5.74) is -0.637. The molecule has 0 radical (unpaired) electrons. The fourth-order valence-electron chi connectivity index (χ4n) is 5.22. The number of alkyl carbamates (subject to hydrolysis) is 1. The number of aromatic nitrogens is 6. The number of imidazole rings is 1. The SMILES string of the molecule is CC#CCn1c(N2CCC[C@@H](NC(=O)OC(C)(C)C)C2)nc2c1c(=O)n(Cc1nc(C#N)c3ccccc3n1)c(=O)n2C. The van der Waals surface area contributed by atoms with Crippen LogP contribution in [-0.4, -0.2) is 59.5 Å². The highest BCUT2D eigenvalue weighted by Gasteiger charge is 2.29. The largest absolute Gasteiger partial charge is 0.444 e. The van der Waals surface area contributed by atoms with Crippen LogP contribution in [-0.2, 0) is 24.9 Å². The highest BCUT2D eigenvalue weighted by atomic mass is 16.6. The fraction of sp³-hybridized carbons (Fsp3) is 0.433. The number of hydrogen-bond donors (Lipinski definition) is 1. The van der Waals surface area contributed by atoms with E-state index in [1.165, 1.54) is 4.57 Å². The molecule has 1 N–H and O–H groups in total. The Kier molecular flexibility index (Phi) is 7.91. The van der Waals surface area contributed by atoms with E-state index in [0.717, 1.165) is 17.4 Å². The number of anilines is 1. The van der Waals surface area contributed by atoms with E-state index in [4.69, 9.17) is 9.72 Å². The first-order chi connectivity index (χ1) is 20.5. The molecule has 4 heterocycles. The molecule has 0 aliphatic carbocycles. The number of hydrogen-bond acceptors (Lipinski definition) is 9. The number of nitriles is 1. The summed E-state index contributed by atoms with van der Waals surface area (Å²) in [6.45, 7) is 8.14. The van der Waals surface area contributed by atoms with E-state index in [1.807, 2.05) is 25.7 Å². The molecule has 1 atom stereocenters. The van der Waals surface area contributed by atoms with Crippen LogP contribution in [0.2, 0.25) is 0 Å². The fourth-order valence-corrected chi connectivity index (χ4v) is 5.22. The Labute approximate surface area is 247 Å². The molecule has 0 unspecified atom stereocenters. The Balaban J connectivity index is 1.57. The number of carbonyl (C=O) groups excluding carboxylic acids is 1. The van der Waals surface area contributed by atoms with Gasteiger partial charge in [0.1, 0.15) is 11.7 Å². The van der Waals surface area contributed by atoms with Crippen LogP contribution in [0.3, 0.4) is 0 Å². The van der Waals surface area contributed by atoms with Crippen molar-refractivity contribution in [1.82, 2.24) is 34.0 Å². The second kappa shape index (κ2) is 11.6. The smallest absolute Gasteiger partial charge is 0.407 e. The molecule has 43 heavy (non-hydrogen) atoms. The second-order valence-electron chi connectivity index (χ2n) is 11.4. The Morgan fingerprint density at radius 1 is 1.16 bits per heavy atom. The summed E-state index contributed by atoms with van der Waals surface area (Å²) in [4.78, 5) is 55.5. The molecular formula is C30H33N9O4. The van der Waals surface area contributed by atoms with Crippen LogP contribution in [0.25, 0.3) is 22.1 Å². The van der Waals surface area contributed by atoms with Crippen molar-refractivity contribution in [2.24, 2.45) is 7.05 Å². The van der Waals surface area contributed by atoms with Crippen LogP contribution >= 0.6 is 0 Å². The van der Waals surface area contributed by atoms with Gasteiger partial charge in [-0.2, -0.15) is 10.2 Å². The van der Waals surface area contributed by atoms with E-state index in [9.17, 15) is 19.6 Å². The standard InChI is InChI=1S/C30H33N9O4/c1-6-7-15-38-24-25(35-27(38)37-14-10-11-19(17-37)32-28(41)43-30(2,3)4)36(5)29(42)39(26(24)40)18-23-33-21-13-9-8-12-20(21)22(16-31)34-23/h8-9,12-13,19H,10-11,14-15,17-18H2,1-5H3,(H,32,41)/t19-/m1/s1. The van der Waals surface area contributed by atoms with Crippen LogP contribution in [0.1, 0.15) is 52.1 Å². The summed E-state index contributed by atoms with van der Waals surface area (Å²) in [6, 6.07) is 8.95. The zero-order chi connectivity index (χ0) is 30.9. The molecule has 4 aromatic rings. The lowest BCUT2D eigenvalue weighted by Gasteiger charge is -2.34. The van der Waals surface area contributed by atoms with Gasteiger partial charge in [-0.05, 0) is 52.7 Å². The van der Waals surface area contributed by atoms with Gasteiger partial charge in [-0.3, -0.25) is 18.5 Å². The summed E-state index contributed by atoms with van der Waals surface area (Å²) in [5, 5.41) is 13.2. The molecule has 0 spiro atoms. The number of nitrogens with one attached hydrogen (secondary N) is 1. The first-order valence-corrected chi connectivity index (χ1v) is 14.0. The Bertz CT molecular complexity index is 1950. The zero-order valence-corrected chi connectivity index (χ0v) is 24.8. The topological polar surface area (TPSA) is 153 Å². The van der Waals surface area contributed by atoms with E-state index in [1.54, 1.807) is 42.8 Å². The number of benzene rings is 1. The van der Waals surface area contributed by atoms with Crippen LogP contribution < -0.4 is 21.5 Å². The number of amides is 1. The minimum Gasteiger partial charge on any atom is -0.444 e. The molecule has 1 fully saturated rings. The van der Waals surface area contributed by atoms with Crippen LogP contribution in [0.4, 0.5) is 10.7 Å². The minimum absolute atomic E-state index is 0.164. The number of piperidine rings is 1. The number of aryl methyl sites for hydroxylation is 1. The molecule has 0 saturated carbocycles. The highest BCUT2D eigenvalue weighted by Crippen LogP contribution is 2.24. The van der Waals surface area contributed by atoms with Crippen LogP contribution in [0.5, 0.6) is 0 Å². The van der Waals surface area contributed by atoms with Crippen molar-refractivity contribution in [3.05, 3.63) is 56.6 Å². The predicted molar refractivity (Wildman–Crippen MR) is 161 cm³/mol. The molecule has 13 heteroatoms. The number of carbonyl (C=O) groups is 1. The van der Waals surface area contributed by atoms with Crippen molar-refractivity contribution in [3.63, 3.8) is 0 Å². The van der Waals surface area contributed by atoms with Gasteiger partial charge >= 0.3 is 11.8 Å². The number of ether oxygens (including phenoxy) is 1. The number of para-hydroxylation sites is 1. The molecule has 222 valence electrons. The van der Waals surface area contributed by atoms with E-state index in [0.29, 0.717) is 29.9 Å². The summed E-state index contributed by atoms with van der Waals surface area (Å²) in [6.07, 6.45) is 1.03. The Morgan fingerprint density at radius 2 is 1.93 bits per heavy atom. The molecule has 1 aliphatic rings. The van der Waals surface area contributed by atoms with Crippen molar-refractivity contribution >= 4 is 34.1 Å². The third-order valence-electron chi connectivity index (χ3n) is 7.11. The molecular weight excluding hydrogens is 550 g/mol. The zero-order valence-electron chi connectivity index (χ0n) is 24.8. The van der Waals surface area contributed by atoms with Crippen molar-refractivity contribution in [2.45, 2.75) is 65.3 Å². The van der Waals surface area contributed by atoms with Gasteiger partial charge in [-0.25, -0.2) is 19.6 Å². The van der Waals surface area contributed by atoms with Gasteiger partial charge in [-0.1, -0.05) is 18.1 Å². The molecule has 1 saturated heterocycles. The van der Waals surface area contributed by atoms with Gasteiger partial charge < -0.3 is 15.0 Å². The van der Waals surface area contributed by atoms with E-state index >= 15 is 0 Å². The van der Waals surface area contributed by atoms with Crippen LogP contribution in [0, 0.1) is 23.2 Å². The maximum Gasteiger partial charge on any atom is 0.407 e. The lowest BCUT2D eigenvalue weighted by molar-refractivity contribution is 0.0499. The second-order valence-corrected chi connectivity index (χ2v) is 11.4. The van der Waals surface area contributed by atoms with E-state index < -0.39 is 22.9 Å². The predicted octanol–water partition coefficient (Wildman–Crippen LogP) is 2.28. The van der Waals surface area contributed by atoms with Gasteiger partial charge in [0, 0.05) is 31.6 Å². The molecule has 3 aromatic heterocycles. The maximum absolute atomic E-state index is 14.0. The minimum atomic E-state index is -0.621. The Morgan fingerprint density at radius 3 is 2.65 bits per heavy atom. The molecule has 1 amide bonds. The number of fused-ring (bicyclic) bond motifs is 2. The normalized spacial score (nSPS) is 15.2. The van der Waals surface area contributed by atoms with E-state index in [2.05, 4.69) is 33.2 Å². The average molecular weight is 584 g/mol. The van der Waals surface area contributed by atoms with Crippen molar-refractivity contribution < 1.29 is 9.53 Å². The summed E-state index contributed by atoms with van der Waals surface area (Å²) >= 11 is 0. The average Bonchev–Trinajstić information content (AvgIpc) is 3.35. The number of nitrogens with zero attached hydrogens (tertiary/aromatic N) is 8. The van der Waals surface area contributed by atoms with Gasteiger partial charge in [0.2, 0.25) is 5.95 Å². The quantitative estimate of drug-likeness (QED) is 0.349. The summed E-state index contributed by atoms with van der Waals surface area (Å²) < 4.78 is 9.52. The highest BCUT2D eigenvalue weighted by molar-refractivity contribution is 5.83. The molecule has 1 aliphatic heterocycles. The molecule has 1 aromatic carbocycles. The monoisotopic (exact) mass is 583 g/mol. The molecule has 13 nitrogen and oxygen atoms in total. The third kappa shape index (κ3) is 5.93. The molecule has 5 rings (SSSR count). The van der Waals surface area contributed by atoms with Gasteiger partial charge in [-0.15, -0.1) is 5.92 Å². The van der Waals surface area contributed by atoms with Gasteiger partial charge in [0.25, 0.3) is 5.56 Å². The molecule has 0 bridgehead atoms. The third-order valence-corrected chi connectivity index (χ3v) is 7.11. The van der Waals surface area contributed by atoms with Crippen molar-refractivity contribution in [3.8, 4) is 17.9 Å². The van der Waals surface area contributed by atoms with Crippen molar-refractivity contribution in [1.29, 1.82) is 5.26 Å². The maximum atomic E-state index is 14.0. The first kappa shape index (κ1) is 29.3. The number of rotatable bonds is 5. The lowest BCUT2D eigenvalue weighted by Crippen LogP contribution is -2.49. The van der Waals surface area contributed by atoms with Crippen molar-refractivity contribution in [2.75, 3.05) is 18.0 Å².